The zero-order valence-electron chi connectivity index (χ0n) is 12.0. The van der Waals surface area contributed by atoms with Crippen molar-refractivity contribution in [2.45, 2.75) is 32.6 Å². The average molecular weight is 289 g/mol. The van der Waals surface area contributed by atoms with Crippen LogP contribution in [0.2, 0.25) is 0 Å². The summed E-state index contributed by atoms with van der Waals surface area (Å²) in [5.41, 5.74) is 2.22. The van der Waals surface area contributed by atoms with Crippen molar-refractivity contribution in [2.24, 2.45) is 0 Å². The van der Waals surface area contributed by atoms with Gasteiger partial charge in [-0.2, -0.15) is 0 Å². The number of ether oxygens (including phenoxy) is 1. The maximum absolute atomic E-state index is 13.3. The number of halogens is 1. The van der Waals surface area contributed by atoms with Crippen LogP contribution in [0.3, 0.4) is 0 Å². The molecule has 1 aliphatic rings. The van der Waals surface area contributed by atoms with Gasteiger partial charge in [0.15, 0.2) is 5.76 Å². The third kappa shape index (κ3) is 2.55. The minimum atomic E-state index is -0.431. The molecule has 0 unspecified atom stereocenters. The van der Waals surface area contributed by atoms with Crippen molar-refractivity contribution in [3.63, 3.8) is 0 Å². The van der Waals surface area contributed by atoms with E-state index < -0.39 is 5.97 Å². The fraction of sp³-hybridized carbons (Fsp3) is 0.375. The van der Waals surface area contributed by atoms with Gasteiger partial charge < -0.3 is 9.26 Å². The molecular weight excluding hydrogens is 273 g/mol. The van der Waals surface area contributed by atoms with E-state index in [2.05, 4.69) is 5.16 Å². The van der Waals surface area contributed by atoms with Crippen molar-refractivity contribution < 1.29 is 18.4 Å². The molecule has 0 amide bonds. The number of carbonyl (C=O) groups is 1. The van der Waals surface area contributed by atoms with Gasteiger partial charge >= 0.3 is 5.97 Å². The van der Waals surface area contributed by atoms with Crippen molar-refractivity contribution in [3.8, 4) is 11.3 Å². The highest BCUT2D eigenvalue weighted by Crippen LogP contribution is 2.44. The van der Waals surface area contributed by atoms with Gasteiger partial charge in [0.25, 0.3) is 0 Å². The quantitative estimate of drug-likeness (QED) is 0.802. The third-order valence-electron chi connectivity index (χ3n) is 3.59. The summed E-state index contributed by atoms with van der Waals surface area (Å²) in [7, 11) is 0. The lowest BCUT2D eigenvalue weighted by Gasteiger charge is -2.06. The molecular formula is C16H16FNO3. The predicted octanol–water partition coefficient (Wildman–Crippen LogP) is 3.84. The Kier molecular flexibility index (Phi) is 3.49. The lowest BCUT2D eigenvalue weighted by atomic mass is 10.0. The highest BCUT2D eigenvalue weighted by Gasteiger charge is 2.36. The second kappa shape index (κ2) is 5.31. The molecule has 4 nitrogen and oxygen atoms in total. The second-order valence-corrected chi connectivity index (χ2v) is 5.22. The number of carbonyl (C=O) groups excluding carboxylic acids is 1. The highest BCUT2D eigenvalue weighted by molar-refractivity contribution is 5.97. The van der Waals surface area contributed by atoms with Crippen LogP contribution in [0.5, 0.6) is 0 Å². The highest BCUT2D eigenvalue weighted by atomic mass is 19.1. The monoisotopic (exact) mass is 289 g/mol. The largest absolute Gasteiger partial charge is 0.462 e. The van der Waals surface area contributed by atoms with E-state index in [0.29, 0.717) is 28.1 Å². The summed E-state index contributed by atoms with van der Waals surface area (Å²) in [6.07, 6.45) is 1.98. The standard InChI is InChI=1S/C16H16FNO3/c1-3-20-16(19)13-14(18-21-15(13)10-4-5-10)12-7-6-11(17)8-9(12)2/h6-8,10H,3-5H2,1-2H3. The van der Waals surface area contributed by atoms with Gasteiger partial charge in [-0.05, 0) is 50.5 Å². The first-order chi connectivity index (χ1) is 10.1. The summed E-state index contributed by atoms with van der Waals surface area (Å²) in [5, 5.41) is 4.04. The lowest BCUT2D eigenvalue weighted by molar-refractivity contribution is 0.0524. The molecule has 0 aliphatic heterocycles. The Morgan fingerprint density at radius 3 is 2.86 bits per heavy atom. The smallest absolute Gasteiger partial charge is 0.344 e. The number of benzene rings is 1. The summed E-state index contributed by atoms with van der Waals surface area (Å²) >= 11 is 0. The van der Waals surface area contributed by atoms with Crippen molar-refractivity contribution in [1.29, 1.82) is 0 Å². The van der Waals surface area contributed by atoms with E-state index in [1.54, 1.807) is 19.9 Å². The summed E-state index contributed by atoms with van der Waals surface area (Å²) in [6, 6.07) is 4.38. The van der Waals surface area contributed by atoms with Crippen LogP contribution < -0.4 is 0 Å². The number of esters is 1. The zero-order valence-corrected chi connectivity index (χ0v) is 12.0. The molecule has 0 radical (unpaired) electrons. The van der Waals surface area contributed by atoms with E-state index >= 15 is 0 Å². The first kappa shape index (κ1) is 13.8. The number of aryl methyl sites for hydroxylation is 1. The van der Waals surface area contributed by atoms with Gasteiger partial charge in [0.05, 0.1) is 6.61 Å². The Bertz CT molecular complexity index is 689. The fourth-order valence-electron chi connectivity index (χ4n) is 2.40. The second-order valence-electron chi connectivity index (χ2n) is 5.22. The number of aromatic nitrogens is 1. The van der Waals surface area contributed by atoms with Crippen LogP contribution in [0, 0.1) is 12.7 Å². The molecule has 110 valence electrons. The van der Waals surface area contributed by atoms with Crippen LogP contribution in [-0.2, 0) is 4.74 Å². The molecule has 0 spiro atoms. The Morgan fingerprint density at radius 2 is 2.24 bits per heavy atom. The van der Waals surface area contributed by atoms with Gasteiger partial charge in [-0.15, -0.1) is 0 Å². The fourth-order valence-corrected chi connectivity index (χ4v) is 2.40. The normalized spacial score (nSPS) is 14.2. The van der Waals surface area contributed by atoms with Gasteiger partial charge in [0, 0.05) is 11.5 Å². The molecule has 1 heterocycles. The van der Waals surface area contributed by atoms with Crippen LogP contribution in [-0.4, -0.2) is 17.7 Å². The SMILES string of the molecule is CCOC(=O)c1c(-c2ccc(F)cc2C)noc1C1CC1. The summed E-state index contributed by atoms with van der Waals surface area (Å²) in [4.78, 5) is 12.2. The lowest BCUT2D eigenvalue weighted by Crippen LogP contribution is -2.08. The Hall–Kier alpha value is -2.17. The Morgan fingerprint density at radius 1 is 1.48 bits per heavy atom. The minimum Gasteiger partial charge on any atom is -0.462 e. The van der Waals surface area contributed by atoms with Crippen LogP contribution >= 0.6 is 0 Å². The van der Waals surface area contributed by atoms with Crippen molar-refractivity contribution in [1.82, 2.24) is 5.16 Å². The summed E-state index contributed by atoms with van der Waals surface area (Å²) < 4.78 is 23.8. The maximum atomic E-state index is 13.3. The topological polar surface area (TPSA) is 52.3 Å². The molecule has 1 aromatic heterocycles. The molecule has 1 aliphatic carbocycles. The van der Waals surface area contributed by atoms with Crippen molar-refractivity contribution in [2.75, 3.05) is 6.61 Å². The molecule has 0 saturated heterocycles. The van der Waals surface area contributed by atoms with Crippen molar-refractivity contribution >= 4 is 5.97 Å². The Labute approximate surface area is 121 Å². The molecule has 1 fully saturated rings. The van der Waals surface area contributed by atoms with Crippen molar-refractivity contribution in [3.05, 3.63) is 40.9 Å². The van der Waals surface area contributed by atoms with Gasteiger partial charge in [-0.25, -0.2) is 9.18 Å². The molecule has 1 aromatic carbocycles. The van der Waals surface area contributed by atoms with E-state index in [0.717, 1.165) is 12.8 Å². The molecule has 0 bridgehead atoms. The summed E-state index contributed by atoms with van der Waals surface area (Å²) in [6.45, 7) is 3.82. The van der Waals surface area contributed by atoms with Crippen LogP contribution in [0.25, 0.3) is 11.3 Å². The molecule has 5 heteroatoms. The predicted molar refractivity (Wildman–Crippen MR) is 74.6 cm³/mol. The number of hydrogen-bond donors (Lipinski definition) is 0. The van der Waals surface area contributed by atoms with E-state index in [9.17, 15) is 9.18 Å². The van der Waals surface area contributed by atoms with E-state index in [1.807, 2.05) is 0 Å². The molecule has 1 saturated carbocycles. The maximum Gasteiger partial charge on any atom is 0.344 e. The molecule has 0 atom stereocenters. The number of nitrogens with zero attached hydrogens (tertiary/aromatic N) is 1. The molecule has 3 rings (SSSR count). The number of hydrogen-bond acceptors (Lipinski definition) is 4. The van der Waals surface area contributed by atoms with Gasteiger partial charge in [0.1, 0.15) is 17.1 Å². The van der Waals surface area contributed by atoms with E-state index in [4.69, 9.17) is 9.26 Å². The molecule has 21 heavy (non-hydrogen) atoms. The van der Waals surface area contributed by atoms with Crippen LogP contribution in [0.15, 0.2) is 22.7 Å². The van der Waals surface area contributed by atoms with Crippen LogP contribution in [0.4, 0.5) is 4.39 Å². The van der Waals surface area contributed by atoms with Gasteiger partial charge in [-0.1, -0.05) is 5.16 Å². The molecule has 0 N–H and O–H groups in total. The zero-order chi connectivity index (χ0) is 15.0. The van der Waals surface area contributed by atoms with Gasteiger partial charge in [0.2, 0.25) is 0 Å². The first-order valence-electron chi connectivity index (χ1n) is 7.05. The van der Waals surface area contributed by atoms with Gasteiger partial charge in [-0.3, -0.25) is 0 Å². The summed E-state index contributed by atoms with van der Waals surface area (Å²) in [5.74, 6) is 0.0813. The average Bonchev–Trinajstić information content (AvgIpc) is 3.19. The Balaban J connectivity index is 2.11. The third-order valence-corrected chi connectivity index (χ3v) is 3.59. The minimum absolute atomic E-state index is 0.242. The first-order valence-corrected chi connectivity index (χ1v) is 7.05. The number of rotatable bonds is 4. The molecule has 2 aromatic rings. The van der Waals surface area contributed by atoms with E-state index in [1.165, 1.54) is 12.1 Å². The van der Waals surface area contributed by atoms with Crippen LogP contribution in [0.1, 0.15) is 47.4 Å². The van der Waals surface area contributed by atoms with E-state index in [-0.39, 0.29) is 18.3 Å².